The van der Waals surface area contributed by atoms with Crippen LogP contribution in [-0.4, -0.2) is 28.3 Å². The zero-order valence-electron chi connectivity index (χ0n) is 19.0. The minimum absolute atomic E-state index is 0.0565. The Morgan fingerprint density at radius 3 is 2.67 bits per heavy atom. The Hall–Kier alpha value is -2.01. The summed E-state index contributed by atoms with van der Waals surface area (Å²) in [5.41, 5.74) is 1.43. The molecule has 0 saturated carbocycles. The number of ether oxygens (including phenoxy) is 1. The molecule has 0 fully saturated rings. The molecule has 0 saturated heterocycles. The Morgan fingerprint density at radius 2 is 2.00 bits per heavy atom. The number of aliphatic carboxylic acids is 1. The van der Waals surface area contributed by atoms with Crippen molar-refractivity contribution in [3.8, 4) is 11.5 Å². The summed E-state index contributed by atoms with van der Waals surface area (Å²) < 4.78 is 6.39. The Bertz CT molecular complexity index is 825. The largest absolute Gasteiger partial charge is 0.508 e. The molecule has 5 heteroatoms. The standard InChI is InChI=1S/C25H37NO4/c1-6-7-8-9-12-26-24(2,3)17-14-20(27)22-18-13-16(23(28)29)10-11-19(18)25(4,5)30-21(22)15-17/h10,14-15,18-19,26-27H,6-9,11-13H2,1-5H3,(H,28,29)/t18-,19-/m1/s1. The molecule has 1 aromatic carbocycles. The van der Waals surface area contributed by atoms with E-state index in [9.17, 15) is 15.0 Å². The van der Waals surface area contributed by atoms with Crippen LogP contribution in [0.3, 0.4) is 0 Å². The van der Waals surface area contributed by atoms with Crippen molar-refractivity contribution in [1.29, 1.82) is 0 Å². The molecule has 2 atom stereocenters. The molecule has 1 aliphatic carbocycles. The molecule has 0 radical (unpaired) electrons. The number of allylic oxidation sites excluding steroid dienone is 1. The van der Waals surface area contributed by atoms with Gasteiger partial charge in [-0.05, 0) is 71.2 Å². The van der Waals surface area contributed by atoms with Crippen molar-refractivity contribution in [1.82, 2.24) is 5.32 Å². The number of unbranched alkanes of at least 4 members (excludes halogenated alkanes) is 3. The van der Waals surface area contributed by atoms with Gasteiger partial charge in [0.2, 0.25) is 0 Å². The van der Waals surface area contributed by atoms with Crippen molar-refractivity contribution in [2.75, 3.05) is 6.54 Å². The van der Waals surface area contributed by atoms with Crippen molar-refractivity contribution in [2.24, 2.45) is 5.92 Å². The van der Waals surface area contributed by atoms with Crippen LogP contribution in [0, 0.1) is 5.92 Å². The number of carboxylic acid groups (broad SMARTS) is 1. The maximum absolute atomic E-state index is 11.6. The number of nitrogens with one attached hydrogen (secondary N) is 1. The summed E-state index contributed by atoms with van der Waals surface area (Å²) in [7, 11) is 0. The lowest BCUT2D eigenvalue weighted by atomic mass is 9.66. The number of phenolic OH excluding ortho intramolecular Hbond substituents is 1. The average molecular weight is 416 g/mol. The molecular formula is C25H37NO4. The number of hydrogen-bond acceptors (Lipinski definition) is 4. The Kier molecular flexibility index (Phi) is 6.51. The molecule has 1 aromatic rings. The van der Waals surface area contributed by atoms with Crippen molar-refractivity contribution in [2.45, 2.75) is 90.2 Å². The lowest BCUT2D eigenvalue weighted by molar-refractivity contribution is -0.133. The molecule has 2 aliphatic rings. The predicted molar refractivity (Wildman–Crippen MR) is 119 cm³/mol. The van der Waals surface area contributed by atoms with Crippen molar-refractivity contribution in [3.63, 3.8) is 0 Å². The Balaban J connectivity index is 1.89. The molecule has 5 nitrogen and oxygen atoms in total. The van der Waals surface area contributed by atoms with Gasteiger partial charge in [-0.25, -0.2) is 4.79 Å². The van der Waals surface area contributed by atoms with Crippen LogP contribution in [0.25, 0.3) is 0 Å². The molecule has 1 aliphatic heterocycles. The topological polar surface area (TPSA) is 78.8 Å². The summed E-state index contributed by atoms with van der Waals surface area (Å²) in [6.07, 6.45) is 7.70. The van der Waals surface area contributed by atoms with E-state index in [2.05, 4.69) is 39.9 Å². The molecule has 30 heavy (non-hydrogen) atoms. The molecule has 1 heterocycles. The second kappa shape index (κ2) is 8.62. The highest BCUT2D eigenvalue weighted by Crippen LogP contribution is 2.54. The van der Waals surface area contributed by atoms with Gasteiger partial charge in [0.1, 0.15) is 17.1 Å². The number of benzene rings is 1. The van der Waals surface area contributed by atoms with Gasteiger partial charge < -0.3 is 20.3 Å². The van der Waals surface area contributed by atoms with Crippen molar-refractivity contribution < 1.29 is 19.7 Å². The highest BCUT2D eigenvalue weighted by Gasteiger charge is 2.47. The highest BCUT2D eigenvalue weighted by molar-refractivity contribution is 5.87. The van der Waals surface area contributed by atoms with Crippen LogP contribution in [0.15, 0.2) is 23.8 Å². The second-order valence-corrected chi connectivity index (χ2v) is 9.91. The van der Waals surface area contributed by atoms with Gasteiger partial charge in [0, 0.05) is 28.5 Å². The monoisotopic (exact) mass is 415 g/mol. The summed E-state index contributed by atoms with van der Waals surface area (Å²) in [5, 5.41) is 24.1. The first-order chi connectivity index (χ1) is 14.1. The van der Waals surface area contributed by atoms with Gasteiger partial charge in [-0.15, -0.1) is 0 Å². The van der Waals surface area contributed by atoms with Crippen LogP contribution in [-0.2, 0) is 10.3 Å². The molecule has 0 amide bonds. The normalized spacial score (nSPS) is 22.5. The molecule has 3 N–H and O–H groups in total. The number of carbonyl (C=O) groups is 1. The SMILES string of the molecule is CCCCCCNC(C)(C)c1cc(O)c2c(c1)OC(C)(C)[C@@H]1CC=C(C(=O)O)C[C@@H]21. The molecule has 0 bridgehead atoms. The summed E-state index contributed by atoms with van der Waals surface area (Å²) in [5.74, 6) is 0.0987. The number of fused-ring (bicyclic) bond motifs is 3. The highest BCUT2D eigenvalue weighted by atomic mass is 16.5. The van der Waals surface area contributed by atoms with Gasteiger partial charge in [-0.3, -0.25) is 0 Å². The van der Waals surface area contributed by atoms with Gasteiger partial charge >= 0.3 is 5.97 Å². The first-order valence-corrected chi connectivity index (χ1v) is 11.3. The van der Waals surface area contributed by atoms with E-state index in [1.54, 1.807) is 0 Å². The van der Waals surface area contributed by atoms with E-state index in [1.807, 2.05) is 18.2 Å². The summed E-state index contributed by atoms with van der Waals surface area (Å²) in [6, 6.07) is 3.86. The number of carboxylic acids is 1. The van der Waals surface area contributed by atoms with E-state index < -0.39 is 11.6 Å². The van der Waals surface area contributed by atoms with Crippen molar-refractivity contribution in [3.05, 3.63) is 34.9 Å². The summed E-state index contributed by atoms with van der Waals surface area (Å²) in [4.78, 5) is 11.6. The van der Waals surface area contributed by atoms with E-state index in [0.717, 1.165) is 24.1 Å². The molecule has 0 unspecified atom stereocenters. The van der Waals surface area contributed by atoms with E-state index in [0.29, 0.717) is 24.2 Å². The third kappa shape index (κ3) is 4.51. The van der Waals surface area contributed by atoms with Crippen LogP contribution < -0.4 is 10.1 Å². The van der Waals surface area contributed by atoms with Gasteiger partial charge in [-0.1, -0.05) is 32.3 Å². The molecule has 0 spiro atoms. The molecule has 3 rings (SSSR count). The quantitative estimate of drug-likeness (QED) is 0.491. The number of phenols is 1. The maximum Gasteiger partial charge on any atom is 0.331 e. The van der Waals surface area contributed by atoms with Crippen LogP contribution in [0.5, 0.6) is 11.5 Å². The molecule has 0 aromatic heterocycles. The fourth-order valence-corrected chi connectivity index (χ4v) is 4.99. The minimum Gasteiger partial charge on any atom is -0.508 e. The van der Waals surface area contributed by atoms with E-state index in [1.165, 1.54) is 19.3 Å². The third-order valence-electron chi connectivity index (χ3n) is 6.89. The average Bonchev–Trinajstić information content (AvgIpc) is 2.66. The lowest BCUT2D eigenvalue weighted by Crippen LogP contribution is -2.46. The fraction of sp³-hybridized carbons (Fsp3) is 0.640. The minimum atomic E-state index is -0.871. The zero-order chi connectivity index (χ0) is 22.1. The number of aromatic hydroxyl groups is 1. The predicted octanol–water partition coefficient (Wildman–Crippen LogP) is 5.47. The summed E-state index contributed by atoms with van der Waals surface area (Å²) in [6.45, 7) is 11.5. The van der Waals surface area contributed by atoms with Crippen molar-refractivity contribution >= 4 is 5.97 Å². The van der Waals surface area contributed by atoms with E-state index in [4.69, 9.17) is 4.74 Å². The third-order valence-corrected chi connectivity index (χ3v) is 6.89. The van der Waals surface area contributed by atoms with Crippen LogP contribution >= 0.6 is 0 Å². The fourth-order valence-electron chi connectivity index (χ4n) is 4.99. The van der Waals surface area contributed by atoms with Crippen LogP contribution in [0.1, 0.15) is 90.2 Å². The van der Waals surface area contributed by atoms with E-state index >= 15 is 0 Å². The Labute approximate surface area is 180 Å². The first-order valence-electron chi connectivity index (χ1n) is 11.3. The lowest BCUT2D eigenvalue weighted by Gasteiger charge is -2.47. The van der Waals surface area contributed by atoms with E-state index in [-0.39, 0.29) is 23.1 Å². The smallest absolute Gasteiger partial charge is 0.331 e. The number of hydrogen-bond donors (Lipinski definition) is 3. The molecule has 166 valence electrons. The Morgan fingerprint density at radius 1 is 1.27 bits per heavy atom. The summed E-state index contributed by atoms with van der Waals surface area (Å²) >= 11 is 0. The van der Waals surface area contributed by atoms with Crippen LogP contribution in [0.4, 0.5) is 0 Å². The van der Waals surface area contributed by atoms with Gasteiger partial charge in [0.05, 0.1) is 0 Å². The maximum atomic E-state index is 11.6. The van der Waals surface area contributed by atoms with Gasteiger partial charge in [-0.2, -0.15) is 0 Å². The zero-order valence-corrected chi connectivity index (χ0v) is 19.0. The molecular weight excluding hydrogens is 378 g/mol. The van der Waals surface area contributed by atoms with Gasteiger partial charge in [0.25, 0.3) is 0 Å². The number of rotatable bonds is 8. The van der Waals surface area contributed by atoms with Crippen LogP contribution in [0.2, 0.25) is 0 Å². The second-order valence-electron chi connectivity index (χ2n) is 9.91. The first kappa shape index (κ1) is 22.7. The van der Waals surface area contributed by atoms with Gasteiger partial charge in [0.15, 0.2) is 0 Å².